The van der Waals surface area contributed by atoms with Crippen molar-refractivity contribution in [1.82, 2.24) is 4.98 Å². The van der Waals surface area contributed by atoms with Crippen molar-refractivity contribution in [2.75, 3.05) is 0 Å². The van der Waals surface area contributed by atoms with Gasteiger partial charge >= 0.3 is 0 Å². The average Bonchev–Trinajstić information content (AvgIpc) is 2.83. The van der Waals surface area contributed by atoms with E-state index in [4.69, 9.17) is 16.3 Å². The molecule has 12 heavy (non-hydrogen) atoms. The van der Waals surface area contributed by atoms with E-state index >= 15 is 0 Å². The van der Waals surface area contributed by atoms with Crippen LogP contribution in [0.15, 0.2) is 16.7 Å². The Balaban J connectivity index is 2.23. The molecule has 0 atom stereocenters. The van der Waals surface area contributed by atoms with E-state index in [0.717, 1.165) is 17.3 Å². The molecule has 1 aliphatic carbocycles. The first kappa shape index (κ1) is 8.32. The molecule has 0 radical (unpaired) electrons. The highest BCUT2D eigenvalue weighted by molar-refractivity contribution is 9.10. The molecule has 0 aromatic carbocycles. The Morgan fingerprint density at radius 2 is 2.33 bits per heavy atom. The van der Waals surface area contributed by atoms with Crippen LogP contribution in [0.5, 0.6) is 5.88 Å². The summed E-state index contributed by atoms with van der Waals surface area (Å²) < 4.78 is 6.29. The topological polar surface area (TPSA) is 22.1 Å². The highest BCUT2D eigenvalue weighted by atomic mass is 79.9. The van der Waals surface area contributed by atoms with Crippen LogP contribution in [0.4, 0.5) is 0 Å². The minimum Gasteiger partial charge on any atom is -0.473 e. The van der Waals surface area contributed by atoms with Crippen molar-refractivity contribution in [3.8, 4) is 5.88 Å². The summed E-state index contributed by atoms with van der Waals surface area (Å²) in [7, 11) is 0. The molecule has 2 rings (SSSR count). The molecule has 0 unspecified atom stereocenters. The van der Waals surface area contributed by atoms with Gasteiger partial charge in [0.25, 0.3) is 0 Å². The van der Waals surface area contributed by atoms with Gasteiger partial charge in [-0.3, -0.25) is 0 Å². The second-order valence-corrected chi connectivity index (χ2v) is 3.96. The third kappa shape index (κ3) is 1.72. The van der Waals surface area contributed by atoms with Gasteiger partial charge in [0.1, 0.15) is 11.1 Å². The van der Waals surface area contributed by atoms with Crippen LogP contribution in [0.3, 0.4) is 0 Å². The van der Waals surface area contributed by atoms with Crippen LogP contribution in [0.1, 0.15) is 12.8 Å². The molecular formula is C8H7BrClNO. The van der Waals surface area contributed by atoms with E-state index in [1.165, 1.54) is 0 Å². The Labute approximate surface area is 84.0 Å². The van der Waals surface area contributed by atoms with Gasteiger partial charge in [-0.1, -0.05) is 11.6 Å². The van der Waals surface area contributed by atoms with Crippen LogP contribution in [0.25, 0.3) is 0 Å². The van der Waals surface area contributed by atoms with E-state index in [1.54, 1.807) is 12.3 Å². The summed E-state index contributed by atoms with van der Waals surface area (Å²) in [6.07, 6.45) is 4.24. The van der Waals surface area contributed by atoms with E-state index in [9.17, 15) is 0 Å². The van der Waals surface area contributed by atoms with Gasteiger partial charge in [0.15, 0.2) is 0 Å². The largest absolute Gasteiger partial charge is 0.473 e. The zero-order valence-electron chi connectivity index (χ0n) is 6.26. The van der Waals surface area contributed by atoms with Crippen LogP contribution < -0.4 is 4.74 Å². The second-order valence-electron chi connectivity index (χ2n) is 2.73. The number of rotatable bonds is 2. The molecule has 4 heteroatoms. The summed E-state index contributed by atoms with van der Waals surface area (Å²) >= 11 is 9.24. The first-order valence-electron chi connectivity index (χ1n) is 3.74. The summed E-state index contributed by atoms with van der Waals surface area (Å²) in [6, 6.07) is 1.79. The quantitative estimate of drug-likeness (QED) is 0.802. The van der Waals surface area contributed by atoms with Gasteiger partial charge in [-0.15, -0.1) is 0 Å². The average molecular weight is 249 g/mol. The number of aromatic nitrogens is 1. The van der Waals surface area contributed by atoms with Crippen molar-refractivity contribution in [2.45, 2.75) is 18.9 Å². The molecule has 1 aromatic rings. The highest BCUT2D eigenvalue weighted by Crippen LogP contribution is 2.33. The predicted octanol–water partition coefficient (Wildman–Crippen LogP) is 3.04. The Bertz CT molecular complexity index is 301. The standard InChI is InChI=1S/C8H7BrClNO/c9-6-3-4-11-8(7(6)10)12-5-1-2-5/h3-5H,1-2H2. The lowest BCUT2D eigenvalue weighted by Gasteiger charge is -2.05. The number of hydrogen-bond donors (Lipinski definition) is 0. The summed E-state index contributed by atoms with van der Waals surface area (Å²) in [5.41, 5.74) is 0. The fourth-order valence-electron chi connectivity index (χ4n) is 0.828. The van der Waals surface area contributed by atoms with E-state index < -0.39 is 0 Å². The Morgan fingerprint density at radius 1 is 1.58 bits per heavy atom. The molecule has 1 fully saturated rings. The zero-order chi connectivity index (χ0) is 8.55. The minimum atomic E-state index is 0.337. The zero-order valence-corrected chi connectivity index (χ0v) is 8.60. The monoisotopic (exact) mass is 247 g/mol. The predicted molar refractivity (Wildman–Crippen MR) is 50.6 cm³/mol. The van der Waals surface area contributed by atoms with Gasteiger partial charge in [0.05, 0.1) is 0 Å². The number of ether oxygens (including phenoxy) is 1. The third-order valence-electron chi connectivity index (χ3n) is 1.61. The maximum absolute atomic E-state index is 5.93. The molecule has 1 aliphatic rings. The van der Waals surface area contributed by atoms with Crippen molar-refractivity contribution in [3.63, 3.8) is 0 Å². The molecule has 1 aromatic heterocycles. The van der Waals surface area contributed by atoms with Gasteiger partial charge in [-0.2, -0.15) is 0 Å². The summed E-state index contributed by atoms with van der Waals surface area (Å²) in [5, 5.41) is 0.560. The van der Waals surface area contributed by atoms with Crippen molar-refractivity contribution in [2.24, 2.45) is 0 Å². The molecule has 0 saturated heterocycles. The van der Waals surface area contributed by atoms with Crippen LogP contribution >= 0.6 is 27.5 Å². The third-order valence-corrected chi connectivity index (χ3v) is 2.87. The van der Waals surface area contributed by atoms with Gasteiger partial charge < -0.3 is 4.74 Å². The van der Waals surface area contributed by atoms with Gasteiger partial charge in [0, 0.05) is 10.7 Å². The SMILES string of the molecule is Clc1c(Br)ccnc1OC1CC1. The van der Waals surface area contributed by atoms with Crippen molar-refractivity contribution in [3.05, 3.63) is 21.8 Å². The van der Waals surface area contributed by atoms with Crippen molar-refractivity contribution < 1.29 is 4.74 Å². The number of pyridine rings is 1. The normalized spacial score (nSPS) is 16.2. The molecular weight excluding hydrogens is 241 g/mol. The molecule has 0 aliphatic heterocycles. The number of hydrogen-bond acceptors (Lipinski definition) is 2. The molecule has 1 heterocycles. The van der Waals surface area contributed by atoms with Crippen LogP contribution in [-0.4, -0.2) is 11.1 Å². The minimum absolute atomic E-state index is 0.337. The Morgan fingerprint density at radius 3 is 3.00 bits per heavy atom. The molecule has 1 saturated carbocycles. The number of halogens is 2. The molecule has 0 bridgehead atoms. The Kier molecular flexibility index (Phi) is 2.24. The first-order valence-corrected chi connectivity index (χ1v) is 4.91. The smallest absolute Gasteiger partial charge is 0.234 e. The molecule has 0 amide bonds. The second kappa shape index (κ2) is 3.23. The molecule has 2 nitrogen and oxygen atoms in total. The summed E-state index contributed by atoms with van der Waals surface area (Å²) in [4.78, 5) is 4.04. The van der Waals surface area contributed by atoms with E-state index in [0.29, 0.717) is 17.0 Å². The van der Waals surface area contributed by atoms with E-state index in [2.05, 4.69) is 20.9 Å². The molecule has 0 N–H and O–H groups in total. The lowest BCUT2D eigenvalue weighted by molar-refractivity contribution is 0.291. The maximum atomic E-state index is 5.93. The maximum Gasteiger partial charge on any atom is 0.234 e. The van der Waals surface area contributed by atoms with E-state index in [-0.39, 0.29) is 0 Å². The lowest BCUT2D eigenvalue weighted by atomic mass is 10.5. The molecule has 64 valence electrons. The number of nitrogens with zero attached hydrogens (tertiary/aromatic N) is 1. The fraction of sp³-hybridized carbons (Fsp3) is 0.375. The summed E-state index contributed by atoms with van der Waals surface area (Å²) in [6.45, 7) is 0. The van der Waals surface area contributed by atoms with Gasteiger partial charge in [-0.25, -0.2) is 4.98 Å². The van der Waals surface area contributed by atoms with Crippen LogP contribution in [0.2, 0.25) is 5.02 Å². The van der Waals surface area contributed by atoms with Crippen LogP contribution in [0, 0.1) is 0 Å². The van der Waals surface area contributed by atoms with Crippen molar-refractivity contribution in [1.29, 1.82) is 0 Å². The Hall–Kier alpha value is -0.280. The van der Waals surface area contributed by atoms with Gasteiger partial charge in [0.2, 0.25) is 5.88 Å². The summed E-state index contributed by atoms with van der Waals surface area (Å²) in [5.74, 6) is 0.536. The van der Waals surface area contributed by atoms with Crippen LogP contribution in [-0.2, 0) is 0 Å². The first-order chi connectivity index (χ1) is 5.77. The fourth-order valence-corrected chi connectivity index (χ4v) is 1.27. The van der Waals surface area contributed by atoms with E-state index in [1.807, 2.05) is 0 Å². The van der Waals surface area contributed by atoms with Crippen molar-refractivity contribution >= 4 is 27.5 Å². The van der Waals surface area contributed by atoms with Gasteiger partial charge in [-0.05, 0) is 34.8 Å². The molecule has 0 spiro atoms. The highest BCUT2D eigenvalue weighted by Gasteiger charge is 2.25. The lowest BCUT2D eigenvalue weighted by Crippen LogP contribution is -1.98.